The second kappa shape index (κ2) is 7.92. The van der Waals surface area contributed by atoms with Crippen molar-refractivity contribution in [2.24, 2.45) is 0 Å². The van der Waals surface area contributed by atoms with E-state index in [9.17, 15) is 4.79 Å². The van der Waals surface area contributed by atoms with E-state index in [2.05, 4.69) is 24.4 Å². The first-order valence-corrected chi connectivity index (χ1v) is 8.56. The summed E-state index contributed by atoms with van der Waals surface area (Å²) in [7, 11) is 0. The molecule has 0 fully saturated rings. The van der Waals surface area contributed by atoms with Crippen molar-refractivity contribution in [3.63, 3.8) is 0 Å². The molecule has 1 N–H and O–H groups in total. The molecule has 2 aromatic rings. The molecule has 1 unspecified atom stereocenters. The molecule has 25 heavy (non-hydrogen) atoms. The number of nitrogens with one attached hydrogen (secondary N) is 1. The maximum Gasteiger partial charge on any atom is 0.258 e. The average Bonchev–Trinajstić information content (AvgIpc) is 2.66. The standard InChI is InChI=1S/C20H23NO4/c1-3-15-4-6-16(7-5-15)14(2)21-20(22)13-25-17-8-9-18-19(12-17)24-11-10-23-18/h4-9,12,14H,3,10-11,13H2,1-2H3,(H,21,22). The molecule has 1 aliphatic rings. The molecule has 1 heterocycles. The van der Waals surface area contributed by atoms with Crippen molar-refractivity contribution in [3.8, 4) is 17.2 Å². The van der Waals surface area contributed by atoms with Gasteiger partial charge in [-0.25, -0.2) is 0 Å². The van der Waals surface area contributed by atoms with E-state index in [4.69, 9.17) is 14.2 Å². The van der Waals surface area contributed by atoms with Gasteiger partial charge in [-0.2, -0.15) is 0 Å². The summed E-state index contributed by atoms with van der Waals surface area (Å²) >= 11 is 0. The van der Waals surface area contributed by atoms with Crippen molar-refractivity contribution in [2.45, 2.75) is 26.3 Å². The van der Waals surface area contributed by atoms with Gasteiger partial charge in [-0.3, -0.25) is 4.79 Å². The molecule has 0 saturated heterocycles. The molecular weight excluding hydrogens is 318 g/mol. The minimum atomic E-state index is -0.165. The lowest BCUT2D eigenvalue weighted by Crippen LogP contribution is -2.31. The highest BCUT2D eigenvalue weighted by atomic mass is 16.6. The molecular formula is C20H23NO4. The number of benzene rings is 2. The smallest absolute Gasteiger partial charge is 0.258 e. The highest BCUT2D eigenvalue weighted by Crippen LogP contribution is 2.33. The predicted octanol–water partition coefficient (Wildman–Crippen LogP) is 3.28. The second-order valence-corrected chi connectivity index (χ2v) is 5.98. The zero-order valence-corrected chi connectivity index (χ0v) is 14.6. The van der Waals surface area contributed by atoms with Gasteiger partial charge in [0.1, 0.15) is 19.0 Å². The van der Waals surface area contributed by atoms with Crippen LogP contribution in [0.3, 0.4) is 0 Å². The first kappa shape index (κ1) is 17.1. The summed E-state index contributed by atoms with van der Waals surface area (Å²) in [6.45, 7) is 5.10. The molecule has 0 bridgehead atoms. The minimum absolute atomic E-state index is 0.0446. The summed E-state index contributed by atoms with van der Waals surface area (Å²) in [5, 5.41) is 2.95. The van der Waals surface area contributed by atoms with E-state index in [0.29, 0.717) is 30.5 Å². The van der Waals surface area contributed by atoms with Crippen molar-refractivity contribution < 1.29 is 19.0 Å². The molecule has 0 aliphatic carbocycles. The van der Waals surface area contributed by atoms with E-state index in [1.807, 2.05) is 19.1 Å². The van der Waals surface area contributed by atoms with Crippen LogP contribution in [0.25, 0.3) is 0 Å². The van der Waals surface area contributed by atoms with E-state index in [1.165, 1.54) is 5.56 Å². The number of aryl methyl sites for hydroxylation is 1. The number of amides is 1. The normalized spacial score (nSPS) is 13.8. The molecule has 1 atom stereocenters. The summed E-state index contributed by atoms with van der Waals surface area (Å²) in [4.78, 5) is 12.1. The number of carbonyl (C=O) groups excluding carboxylic acids is 1. The number of fused-ring (bicyclic) bond motifs is 1. The lowest BCUT2D eigenvalue weighted by molar-refractivity contribution is -0.123. The Labute approximate surface area is 147 Å². The van der Waals surface area contributed by atoms with Crippen LogP contribution in [0.5, 0.6) is 17.2 Å². The number of hydrogen-bond donors (Lipinski definition) is 1. The summed E-state index contributed by atoms with van der Waals surface area (Å²) in [5.74, 6) is 1.77. The van der Waals surface area contributed by atoms with Crippen molar-refractivity contribution in [1.82, 2.24) is 5.32 Å². The van der Waals surface area contributed by atoms with Crippen molar-refractivity contribution in [2.75, 3.05) is 19.8 Å². The summed E-state index contributed by atoms with van der Waals surface area (Å²) in [5.41, 5.74) is 2.36. The molecule has 5 nitrogen and oxygen atoms in total. The summed E-state index contributed by atoms with van der Waals surface area (Å²) in [6, 6.07) is 13.5. The van der Waals surface area contributed by atoms with Crippen LogP contribution in [-0.4, -0.2) is 25.7 Å². The molecule has 2 aromatic carbocycles. The molecule has 1 aliphatic heterocycles. The fourth-order valence-electron chi connectivity index (χ4n) is 2.67. The first-order chi connectivity index (χ1) is 12.2. The van der Waals surface area contributed by atoms with Gasteiger partial charge in [-0.1, -0.05) is 31.2 Å². The third-order valence-electron chi connectivity index (χ3n) is 4.15. The van der Waals surface area contributed by atoms with Gasteiger partial charge < -0.3 is 19.5 Å². The first-order valence-electron chi connectivity index (χ1n) is 8.56. The van der Waals surface area contributed by atoms with Gasteiger partial charge in [-0.05, 0) is 36.6 Å². The molecule has 5 heteroatoms. The minimum Gasteiger partial charge on any atom is -0.486 e. The Bertz CT molecular complexity index is 727. The molecule has 0 radical (unpaired) electrons. The Morgan fingerprint density at radius 3 is 2.56 bits per heavy atom. The zero-order valence-electron chi connectivity index (χ0n) is 14.6. The zero-order chi connectivity index (χ0) is 17.6. The summed E-state index contributed by atoms with van der Waals surface area (Å²) < 4.78 is 16.5. The number of hydrogen-bond acceptors (Lipinski definition) is 4. The number of rotatable bonds is 6. The quantitative estimate of drug-likeness (QED) is 0.876. The molecule has 1 amide bonds. The van der Waals surface area contributed by atoms with Crippen LogP contribution in [-0.2, 0) is 11.2 Å². The van der Waals surface area contributed by atoms with Gasteiger partial charge in [0, 0.05) is 6.07 Å². The third kappa shape index (κ3) is 4.44. The summed E-state index contributed by atoms with van der Waals surface area (Å²) in [6.07, 6.45) is 1.00. The van der Waals surface area contributed by atoms with Crippen LogP contribution in [0, 0.1) is 0 Å². The van der Waals surface area contributed by atoms with E-state index < -0.39 is 0 Å². The average molecular weight is 341 g/mol. The number of carbonyl (C=O) groups is 1. The van der Waals surface area contributed by atoms with Gasteiger partial charge >= 0.3 is 0 Å². The fourth-order valence-corrected chi connectivity index (χ4v) is 2.67. The van der Waals surface area contributed by atoms with Crippen molar-refractivity contribution in [1.29, 1.82) is 0 Å². The van der Waals surface area contributed by atoms with E-state index in [-0.39, 0.29) is 18.6 Å². The van der Waals surface area contributed by atoms with Crippen LogP contribution in [0.4, 0.5) is 0 Å². The highest BCUT2D eigenvalue weighted by molar-refractivity contribution is 5.78. The maximum atomic E-state index is 12.1. The maximum absolute atomic E-state index is 12.1. The van der Waals surface area contributed by atoms with Gasteiger partial charge in [0.15, 0.2) is 18.1 Å². The van der Waals surface area contributed by atoms with Crippen LogP contribution in [0.2, 0.25) is 0 Å². The van der Waals surface area contributed by atoms with Gasteiger partial charge in [0.05, 0.1) is 6.04 Å². The van der Waals surface area contributed by atoms with Gasteiger partial charge in [0.25, 0.3) is 5.91 Å². The van der Waals surface area contributed by atoms with E-state index >= 15 is 0 Å². The highest BCUT2D eigenvalue weighted by Gasteiger charge is 2.14. The molecule has 3 rings (SSSR count). The lowest BCUT2D eigenvalue weighted by Gasteiger charge is -2.19. The fraction of sp³-hybridized carbons (Fsp3) is 0.350. The van der Waals surface area contributed by atoms with E-state index in [1.54, 1.807) is 18.2 Å². The Balaban J connectivity index is 1.52. The predicted molar refractivity (Wildman–Crippen MR) is 95.3 cm³/mol. The van der Waals surface area contributed by atoms with Crippen molar-refractivity contribution in [3.05, 3.63) is 53.6 Å². The Hall–Kier alpha value is -2.69. The topological polar surface area (TPSA) is 56.8 Å². The molecule has 132 valence electrons. The van der Waals surface area contributed by atoms with E-state index in [0.717, 1.165) is 12.0 Å². The number of ether oxygens (including phenoxy) is 3. The van der Waals surface area contributed by atoms with Crippen LogP contribution >= 0.6 is 0 Å². The SMILES string of the molecule is CCc1ccc(C(C)NC(=O)COc2ccc3c(c2)OCCO3)cc1. The van der Waals surface area contributed by atoms with Crippen LogP contribution < -0.4 is 19.5 Å². The van der Waals surface area contributed by atoms with Crippen LogP contribution in [0.15, 0.2) is 42.5 Å². The van der Waals surface area contributed by atoms with Gasteiger partial charge in [-0.15, -0.1) is 0 Å². The van der Waals surface area contributed by atoms with Crippen molar-refractivity contribution >= 4 is 5.91 Å². The molecule has 0 spiro atoms. The van der Waals surface area contributed by atoms with Gasteiger partial charge in [0.2, 0.25) is 0 Å². The molecule has 0 aromatic heterocycles. The second-order valence-electron chi connectivity index (χ2n) is 5.98. The molecule has 0 saturated carbocycles. The lowest BCUT2D eigenvalue weighted by atomic mass is 10.1. The third-order valence-corrected chi connectivity index (χ3v) is 4.15. The largest absolute Gasteiger partial charge is 0.486 e. The van der Waals surface area contributed by atoms with Crippen LogP contribution in [0.1, 0.15) is 31.0 Å². The Morgan fingerprint density at radius 2 is 1.84 bits per heavy atom. The Kier molecular flexibility index (Phi) is 5.43. The Morgan fingerprint density at radius 1 is 1.12 bits per heavy atom. The monoisotopic (exact) mass is 341 g/mol.